The van der Waals surface area contributed by atoms with Gasteiger partial charge in [-0.15, -0.1) is 0 Å². The normalized spacial score (nSPS) is 10.8. The van der Waals surface area contributed by atoms with E-state index in [-0.39, 0.29) is 0 Å². The number of benzene rings is 2. The van der Waals surface area contributed by atoms with Crippen molar-refractivity contribution in [3.05, 3.63) is 57.6 Å². The van der Waals surface area contributed by atoms with E-state index < -0.39 is 0 Å². The van der Waals surface area contributed by atoms with E-state index in [2.05, 4.69) is 57.3 Å². The van der Waals surface area contributed by atoms with Crippen LogP contribution in [0.2, 0.25) is 5.02 Å². The fourth-order valence-corrected chi connectivity index (χ4v) is 2.95. The number of halogens is 1. The van der Waals surface area contributed by atoms with Gasteiger partial charge in [-0.3, -0.25) is 0 Å². The minimum Gasteiger partial charge on any atom is -0.313 e. The predicted molar refractivity (Wildman–Crippen MR) is 88.5 cm³/mol. The van der Waals surface area contributed by atoms with E-state index in [4.69, 9.17) is 11.6 Å². The highest BCUT2D eigenvalue weighted by Gasteiger charge is 2.09. The molecule has 0 radical (unpaired) electrons. The van der Waals surface area contributed by atoms with Crippen molar-refractivity contribution in [2.45, 2.75) is 34.2 Å². The predicted octanol–water partition coefficient (Wildman–Crippen LogP) is 5.04. The molecule has 0 bridgehead atoms. The number of rotatable bonds is 4. The second-order valence-corrected chi connectivity index (χ2v) is 5.77. The first-order valence-electron chi connectivity index (χ1n) is 7.10. The zero-order valence-electron chi connectivity index (χ0n) is 12.7. The number of nitrogens with one attached hydrogen (secondary N) is 1. The zero-order chi connectivity index (χ0) is 14.7. The van der Waals surface area contributed by atoms with Gasteiger partial charge in [-0.2, -0.15) is 0 Å². The van der Waals surface area contributed by atoms with Crippen LogP contribution in [0.1, 0.15) is 29.2 Å². The third kappa shape index (κ3) is 3.23. The van der Waals surface area contributed by atoms with Gasteiger partial charge >= 0.3 is 0 Å². The van der Waals surface area contributed by atoms with Gasteiger partial charge in [0.15, 0.2) is 0 Å². The quantitative estimate of drug-likeness (QED) is 0.830. The van der Waals surface area contributed by atoms with Gasteiger partial charge in [0, 0.05) is 11.6 Å². The summed E-state index contributed by atoms with van der Waals surface area (Å²) in [7, 11) is 0. The van der Waals surface area contributed by atoms with Gasteiger partial charge in [0.2, 0.25) is 0 Å². The molecule has 0 spiro atoms. The van der Waals surface area contributed by atoms with E-state index in [0.29, 0.717) is 0 Å². The smallest absolute Gasteiger partial charge is 0.0451 e. The van der Waals surface area contributed by atoms with Gasteiger partial charge in [0.25, 0.3) is 0 Å². The van der Waals surface area contributed by atoms with Crippen LogP contribution < -0.4 is 5.32 Å². The Morgan fingerprint density at radius 3 is 2.25 bits per heavy atom. The first-order chi connectivity index (χ1) is 9.52. The van der Waals surface area contributed by atoms with Crippen LogP contribution >= 0.6 is 11.6 Å². The van der Waals surface area contributed by atoms with Crippen LogP contribution in [0.25, 0.3) is 11.1 Å². The van der Waals surface area contributed by atoms with Crippen LogP contribution in [0.4, 0.5) is 0 Å². The summed E-state index contributed by atoms with van der Waals surface area (Å²) in [5.41, 5.74) is 7.68. The molecule has 0 heterocycles. The molecule has 106 valence electrons. The monoisotopic (exact) mass is 287 g/mol. The Balaban J connectivity index is 2.48. The molecule has 2 rings (SSSR count). The topological polar surface area (TPSA) is 12.0 Å². The fraction of sp³-hybridized carbons (Fsp3) is 0.333. The van der Waals surface area contributed by atoms with Crippen LogP contribution in [0.3, 0.4) is 0 Å². The van der Waals surface area contributed by atoms with Gasteiger partial charge in [-0.25, -0.2) is 0 Å². The third-order valence-electron chi connectivity index (χ3n) is 3.58. The maximum absolute atomic E-state index is 6.28. The van der Waals surface area contributed by atoms with Crippen molar-refractivity contribution in [3.8, 4) is 11.1 Å². The molecular formula is C18H22ClN. The summed E-state index contributed by atoms with van der Waals surface area (Å²) in [6, 6.07) is 10.8. The number of aryl methyl sites for hydroxylation is 3. The highest BCUT2D eigenvalue weighted by atomic mass is 35.5. The summed E-state index contributed by atoms with van der Waals surface area (Å²) in [6.45, 7) is 10.4. The van der Waals surface area contributed by atoms with Crippen molar-refractivity contribution < 1.29 is 0 Å². The minimum atomic E-state index is 0.813. The van der Waals surface area contributed by atoms with Crippen molar-refractivity contribution >= 4 is 11.6 Å². The molecule has 20 heavy (non-hydrogen) atoms. The van der Waals surface area contributed by atoms with Crippen LogP contribution in [-0.4, -0.2) is 6.54 Å². The maximum atomic E-state index is 6.28. The van der Waals surface area contributed by atoms with Crippen molar-refractivity contribution in [3.63, 3.8) is 0 Å². The Hall–Kier alpha value is -1.31. The first kappa shape index (κ1) is 15.1. The summed E-state index contributed by atoms with van der Waals surface area (Å²) >= 11 is 6.28. The summed E-state index contributed by atoms with van der Waals surface area (Å²) in [5, 5.41) is 4.17. The van der Waals surface area contributed by atoms with Crippen LogP contribution in [-0.2, 0) is 6.54 Å². The van der Waals surface area contributed by atoms with E-state index in [1.807, 2.05) is 6.07 Å². The lowest BCUT2D eigenvalue weighted by Crippen LogP contribution is -2.12. The molecule has 0 amide bonds. The molecule has 0 unspecified atom stereocenters. The molecule has 0 fully saturated rings. The van der Waals surface area contributed by atoms with E-state index >= 15 is 0 Å². The zero-order valence-corrected chi connectivity index (χ0v) is 13.4. The van der Waals surface area contributed by atoms with Gasteiger partial charge in [0.1, 0.15) is 0 Å². The molecule has 0 atom stereocenters. The lowest BCUT2D eigenvalue weighted by atomic mass is 9.93. The average molecular weight is 288 g/mol. The number of hydrogen-bond donors (Lipinski definition) is 1. The van der Waals surface area contributed by atoms with E-state index in [1.54, 1.807) is 0 Å². The molecule has 1 nitrogen and oxygen atoms in total. The summed E-state index contributed by atoms with van der Waals surface area (Å²) in [5.74, 6) is 0. The van der Waals surface area contributed by atoms with Crippen molar-refractivity contribution in [1.82, 2.24) is 5.32 Å². The van der Waals surface area contributed by atoms with Crippen LogP contribution in [0, 0.1) is 20.8 Å². The second kappa shape index (κ2) is 6.43. The van der Waals surface area contributed by atoms with E-state index in [0.717, 1.165) is 23.7 Å². The molecule has 1 N–H and O–H groups in total. The Labute approximate surface area is 127 Å². The molecule has 2 aromatic carbocycles. The second-order valence-electron chi connectivity index (χ2n) is 5.36. The third-order valence-corrected chi connectivity index (χ3v) is 3.95. The largest absolute Gasteiger partial charge is 0.313 e. The molecule has 0 saturated carbocycles. The van der Waals surface area contributed by atoms with Gasteiger partial charge in [-0.05, 0) is 67.3 Å². The Morgan fingerprint density at radius 1 is 1.00 bits per heavy atom. The Bertz CT molecular complexity index is 594. The van der Waals surface area contributed by atoms with Crippen LogP contribution in [0.15, 0.2) is 30.3 Å². The van der Waals surface area contributed by atoms with Gasteiger partial charge < -0.3 is 5.32 Å². The van der Waals surface area contributed by atoms with E-state index in [9.17, 15) is 0 Å². The van der Waals surface area contributed by atoms with Crippen LogP contribution in [0.5, 0.6) is 0 Å². The molecule has 0 aliphatic rings. The Morgan fingerprint density at radius 2 is 1.65 bits per heavy atom. The highest BCUT2D eigenvalue weighted by Crippen LogP contribution is 2.31. The van der Waals surface area contributed by atoms with Crippen molar-refractivity contribution in [2.75, 3.05) is 6.54 Å². The minimum absolute atomic E-state index is 0.813. The SMILES string of the molecule is CCNCc1cc(-c2c(C)cc(C)cc2C)ccc1Cl. The molecular weight excluding hydrogens is 266 g/mol. The average Bonchev–Trinajstić information content (AvgIpc) is 2.38. The molecule has 2 heteroatoms. The van der Waals surface area contributed by atoms with Gasteiger partial charge in [0.05, 0.1) is 0 Å². The fourth-order valence-electron chi connectivity index (χ4n) is 2.76. The molecule has 0 aliphatic carbocycles. The van der Waals surface area contributed by atoms with Crippen molar-refractivity contribution in [2.24, 2.45) is 0 Å². The Kier molecular flexibility index (Phi) is 4.85. The standard InChI is InChI=1S/C18H22ClN/c1-5-20-11-16-10-15(6-7-17(16)19)18-13(3)8-12(2)9-14(18)4/h6-10,20H,5,11H2,1-4H3. The lowest BCUT2D eigenvalue weighted by Gasteiger charge is -2.14. The number of hydrogen-bond acceptors (Lipinski definition) is 1. The molecule has 0 aromatic heterocycles. The van der Waals surface area contributed by atoms with Gasteiger partial charge in [-0.1, -0.05) is 42.3 Å². The lowest BCUT2D eigenvalue weighted by molar-refractivity contribution is 0.727. The van der Waals surface area contributed by atoms with Crippen molar-refractivity contribution in [1.29, 1.82) is 0 Å². The molecule has 0 aliphatic heterocycles. The molecule has 0 saturated heterocycles. The highest BCUT2D eigenvalue weighted by molar-refractivity contribution is 6.31. The maximum Gasteiger partial charge on any atom is 0.0451 e. The summed E-state index contributed by atoms with van der Waals surface area (Å²) in [6.07, 6.45) is 0. The van der Waals surface area contributed by atoms with E-state index in [1.165, 1.54) is 27.8 Å². The molecule has 2 aromatic rings. The summed E-state index contributed by atoms with van der Waals surface area (Å²) < 4.78 is 0. The summed E-state index contributed by atoms with van der Waals surface area (Å²) in [4.78, 5) is 0. The first-order valence-corrected chi connectivity index (χ1v) is 7.48.